The summed E-state index contributed by atoms with van der Waals surface area (Å²) in [6.45, 7) is 5.68. The molecule has 4 rings (SSSR count). The molecule has 6 nitrogen and oxygen atoms in total. The molecule has 1 fully saturated rings. The fourth-order valence-corrected chi connectivity index (χ4v) is 4.50. The van der Waals surface area contributed by atoms with E-state index in [4.69, 9.17) is 14.2 Å². The van der Waals surface area contributed by atoms with Crippen molar-refractivity contribution in [3.63, 3.8) is 0 Å². The van der Waals surface area contributed by atoms with E-state index >= 15 is 0 Å². The number of nitrogens with two attached hydrogens (primary N) is 1. The number of benzene rings is 1. The van der Waals surface area contributed by atoms with Gasteiger partial charge in [-0.2, -0.15) is 0 Å². The molecule has 7 heteroatoms. The standard InChI is InChI=1S/C21H26N2O4S/c1-15-6-8-28-20(15)13-23(21(24)11-22-10-17-3-2-7-25-17)12-16-4-5-18-19(9-16)27-14-26-18/h4-6,8-9,17,22H,2-3,7,10-14H2,1H3/p+1/t17-/m0/s1. The van der Waals surface area contributed by atoms with Crippen LogP contribution in [0.3, 0.4) is 0 Å². The number of fused-ring (bicyclic) bond motifs is 1. The largest absolute Gasteiger partial charge is 0.454 e. The molecule has 1 atom stereocenters. The van der Waals surface area contributed by atoms with Crippen LogP contribution in [-0.2, 0) is 22.6 Å². The molecule has 1 aromatic carbocycles. The number of rotatable bonds is 8. The van der Waals surface area contributed by atoms with Gasteiger partial charge in [0.05, 0.1) is 6.54 Å². The highest BCUT2D eigenvalue weighted by atomic mass is 32.1. The Morgan fingerprint density at radius 1 is 1.25 bits per heavy atom. The fraction of sp³-hybridized carbons (Fsp3) is 0.476. The summed E-state index contributed by atoms with van der Waals surface area (Å²) in [4.78, 5) is 16.2. The van der Waals surface area contributed by atoms with Crippen LogP contribution in [0.4, 0.5) is 0 Å². The zero-order valence-corrected chi connectivity index (χ0v) is 17.0. The molecule has 1 saturated heterocycles. The van der Waals surface area contributed by atoms with E-state index < -0.39 is 0 Å². The number of carbonyl (C=O) groups excluding carboxylic acids is 1. The molecule has 2 aliphatic rings. The average molecular weight is 404 g/mol. The first-order valence-corrected chi connectivity index (χ1v) is 10.7. The van der Waals surface area contributed by atoms with Crippen molar-refractivity contribution in [3.05, 3.63) is 45.6 Å². The van der Waals surface area contributed by atoms with E-state index in [0.29, 0.717) is 19.6 Å². The van der Waals surface area contributed by atoms with E-state index in [9.17, 15) is 4.79 Å². The van der Waals surface area contributed by atoms with Crippen LogP contribution in [0.5, 0.6) is 11.5 Å². The first-order chi connectivity index (χ1) is 13.7. The summed E-state index contributed by atoms with van der Waals surface area (Å²) in [6, 6.07) is 8.00. The number of nitrogens with zero attached hydrogens (tertiary/aromatic N) is 1. The maximum atomic E-state index is 13.0. The first-order valence-electron chi connectivity index (χ1n) is 9.81. The van der Waals surface area contributed by atoms with Gasteiger partial charge in [0.2, 0.25) is 6.79 Å². The number of ether oxygens (including phenoxy) is 3. The molecule has 0 bridgehead atoms. The van der Waals surface area contributed by atoms with Gasteiger partial charge < -0.3 is 24.4 Å². The summed E-state index contributed by atoms with van der Waals surface area (Å²) in [5, 5.41) is 4.16. The Labute approximate surface area is 169 Å². The number of quaternary nitrogens is 1. The topological polar surface area (TPSA) is 64.6 Å². The molecule has 0 radical (unpaired) electrons. The molecule has 1 aromatic heterocycles. The van der Waals surface area contributed by atoms with Gasteiger partial charge in [-0.25, -0.2) is 0 Å². The SMILES string of the molecule is Cc1ccsc1CN(Cc1ccc2c(c1)OCO2)C(=O)C[NH2+]C[C@@H]1CCCO1. The van der Waals surface area contributed by atoms with Gasteiger partial charge in [-0.1, -0.05) is 6.07 Å². The van der Waals surface area contributed by atoms with Gasteiger partial charge >= 0.3 is 0 Å². The third-order valence-electron chi connectivity index (χ3n) is 5.24. The van der Waals surface area contributed by atoms with Crippen LogP contribution in [0.2, 0.25) is 0 Å². The second-order valence-electron chi connectivity index (χ2n) is 7.33. The van der Waals surface area contributed by atoms with E-state index in [0.717, 1.165) is 43.1 Å². The van der Waals surface area contributed by atoms with Gasteiger partial charge in [0.25, 0.3) is 5.91 Å². The van der Waals surface area contributed by atoms with Crippen LogP contribution in [0.1, 0.15) is 28.8 Å². The Hall–Kier alpha value is -2.09. The highest BCUT2D eigenvalue weighted by Gasteiger charge is 2.22. The van der Waals surface area contributed by atoms with Crippen LogP contribution < -0.4 is 14.8 Å². The molecule has 1 amide bonds. The number of hydrogen-bond donors (Lipinski definition) is 1. The van der Waals surface area contributed by atoms with Crippen molar-refractivity contribution >= 4 is 17.2 Å². The van der Waals surface area contributed by atoms with Crippen LogP contribution >= 0.6 is 11.3 Å². The molecule has 150 valence electrons. The molecule has 28 heavy (non-hydrogen) atoms. The quantitative estimate of drug-likeness (QED) is 0.733. The van der Waals surface area contributed by atoms with Crippen molar-refractivity contribution in [3.8, 4) is 11.5 Å². The summed E-state index contributed by atoms with van der Waals surface area (Å²) >= 11 is 1.70. The molecule has 2 aromatic rings. The zero-order chi connectivity index (χ0) is 19.3. The van der Waals surface area contributed by atoms with Crippen molar-refractivity contribution in [1.29, 1.82) is 0 Å². The van der Waals surface area contributed by atoms with Gasteiger partial charge in [-0.15, -0.1) is 11.3 Å². The molecular weight excluding hydrogens is 376 g/mol. The number of aryl methyl sites for hydroxylation is 1. The average Bonchev–Trinajstić information content (AvgIpc) is 3.43. The minimum Gasteiger partial charge on any atom is -0.454 e. The Balaban J connectivity index is 1.41. The Morgan fingerprint density at radius 3 is 2.93 bits per heavy atom. The van der Waals surface area contributed by atoms with E-state index in [-0.39, 0.29) is 18.8 Å². The summed E-state index contributed by atoms with van der Waals surface area (Å²) < 4.78 is 16.5. The van der Waals surface area contributed by atoms with Gasteiger partial charge in [0.1, 0.15) is 12.6 Å². The number of carbonyl (C=O) groups is 1. The first kappa shape index (κ1) is 19.2. The van der Waals surface area contributed by atoms with Crippen LogP contribution in [0.15, 0.2) is 29.6 Å². The summed E-state index contributed by atoms with van der Waals surface area (Å²) in [5.74, 6) is 1.66. The predicted molar refractivity (Wildman–Crippen MR) is 107 cm³/mol. The lowest BCUT2D eigenvalue weighted by Gasteiger charge is -2.22. The fourth-order valence-electron chi connectivity index (χ4n) is 3.58. The van der Waals surface area contributed by atoms with Crippen LogP contribution in [-0.4, -0.2) is 43.4 Å². The van der Waals surface area contributed by atoms with E-state index in [2.05, 4.69) is 23.7 Å². The minimum atomic E-state index is 0.142. The van der Waals surface area contributed by atoms with Crippen molar-refractivity contribution in [1.82, 2.24) is 4.90 Å². The normalized spacial score (nSPS) is 17.8. The number of hydrogen-bond acceptors (Lipinski definition) is 5. The van der Waals surface area contributed by atoms with Gasteiger partial charge in [-0.3, -0.25) is 4.79 Å². The van der Waals surface area contributed by atoms with E-state index in [1.807, 2.05) is 23.1 Å². The van der Waals surface area contributed by atoms with Gasteiger partial charge in [-0.05, 0) is 54.5 Å². The van der Waals surface area contributed by atoms with E-state index in [1.165, 1.54) is 10.4 Å². The van der Waals surface area contributed by atoms with E-state index in [1.54, 1.807) is 11.3 Å². The Morgan fingerprint density at radius 2 is 2.14 bits per heavy atom. The summed E-state index contributed by atoms with van der Waals surface area (Å²) in [5.41, 5.74) is 2.28. The summed E-state index contributed by atoms with van der Waals surface area (Å²) in [6.07, 6.45) is 2.51. The maximum Gasteiger partial charge on any atom is 0.278 e. The van der Waals surface area contributed by atoms with Gasteiger partial charge in [0.15, 0.2) is 18.0 Å². The van der Waals surface area contributed by atoms with Crippen molar-refractivity contribution in [2.75, 3.05) is 26.5 Å². The molecule has 3 heterocycles. The lowest BCUT2D eigenvalue weighted by molar-refractivity contribution is -0.650. The monoisotopic (exact) mass is 403 g/mol. The lowest BCUT2D eigenvalue weighted by Crippen LogP contribution is -2.88. The second-order valence-corrected chi connectivity index (χ2v) is 8.33. The highest BCUT2D eigenvalue weighted by molar-refractivity contribution is 7.10. The third kappa shape index (κ3) is 4.66. The number of thiophene rings is 1. The zero-order valence-electron chi connectivity index (χ0n) is 16.2. The molecular formula is C21H27N2O4S+. The van der Waals surface area contributed by atoms with Gasteiger partial charge in [0, 0.05) is 18.0 Å². The predicted octanol–water partition coefficient (Wildman–Crippen LogP) is 2.06. The van der Waals surface area contributed by atoms with Crippen molar-refractivity contribution in [2.24, 2.45) is 0 Å². The second kappa shape index (κ2) is 8.94. The van der Waals surface area contributed by atoms with Crippen LogP contribution in [0.25, 0.3) is 0 Å². The molecule has 2 N–H and O–H groups in total. The highest BCUT2D eigenvalue weighted by Crippen LogP contribution is 2.33. The molecule has 2 aliphatic heterocycles. The Kier molecular flexibility index (Phi) is 6.14. The third-order valence-corrected chi connectivity index (χ3v) is 6.25. The summed E-state index contributed by atoms with van der Waals surface area (Å²) in [7, 11) is 0. The minimum absolute atomic E-state index is 0.142. The maximum absolute atomic E-state index is 13.0. The molecule has 0 unspecified atom stereocenters. The Bertz CT molecular complexity index is 816. The lowest BCUT2D eigenvalue weighted by atomic mass is 10.1. The van der Waals surface area contributed by atoms with Crippen LogP contribution in [0, 0.1) is 6.92 Å². The van der Waals surface area contributed by atoms with Crippen molar-refractivity contribution in [2.45, 2.75) is 39.0 Å². The smallest absolute Gasteiger partial charge is 0.278 e. The molecule has 0 saturated carbocycles. The number of amides is 1. The van der Waals surface area contributed by atoms with Crippen molar-refractivity contribution < 1.29 is 24.3 Å². The molecule has 0 aliphatic carbocycles. The molecule has 0 spiro atoms.